The van der Waals surface area contributed by atoms with Crippen LogP contribution in [0.15, 0.2) is 60.3 Å². The number of hydrogen-bond donors (Lipinski definition) is 1. The predicted octanol–water partition coefficient (Wildman–Crippen LogP) is 5.80. The number of nitrogens with one attached hydrogen (secondary N) is 1. The number of rotatable bonds is 2. The monoisotopic (exact) mass is 373 g/mol. The van der Waals surface area contributed by atoms with Gasteiger partial charge in [-0.15, -0.1) is 0 Å². The molecule has 1 atom stereocenters. The van der Waals surface area contributed by atoms with Crippen LogP contribution < -0.4 is 10.6 Å². The molecule has 1 aliphatic rings. The van der Waals surface area contributed by atoms with E-state index in [1.807, 2.05) is 37.4 Å². The Morgan fingerprint density at radius 2 is 1.76 bits per heavy atom. The molecular formula is C22H25Cl2N. The van der Waals surface area contributed by atoms with Crippen LogP contribution in [0.25, 0.3) is 15.6 Å². The summed E-state index contributed by atoms with van der Waals surface area (Å²) in [4.78, 5) is 3.18. The van der Waals surface area contributed by atoms with Gasteiger partial charge in [0, 0.05) is 22.4 Å². The van der Waals surface area contributed by atoms with Gasteiger partial charge in [-0.3, -0.25) is 0 Å². The van der Waals surface area contributed by atoms with Crippen molar-refractivity contribution in [3.8, 4) is 0 Å². The molecule has 132 valence electrons. The maximum Gasteiger partial charge on any atom is 0.0686 e. The van der Waals surface area contributed by atoms with E-state index in [4.69, 9.17) is 23.2 Å². The zero-order valence-electron chi connectivity index (χ0n) is 15.2. The average molecular weight is 374 g/mol. The lowest BCUT2D eigenvalue weighted by atomic mass is 9.91. The molecular weight excluding hydrogens is 349 g/mol. The van der Waals surface area contributed by atoms with E-state index in [1.165, 1.54) is 12.0 Å². The van der Waals surface area contributed by atoms with Crippen molar-refractivity contribution in [1.82, 2.24) is 4.98 Å². The topological polar surface area (TPSA) is 15.8 Å². The van der Waals surface area contributed by atoms with Crippen LogP contribution >= 0.6 is 23.2 Å². The summed E-state index contributed by atoms with van der Waals surface area (Å²) in [6, 6.07) is 12.3. The molecule has 0 radical (unpaired) electrons. The third kappa shape index (κ3) is 4.29. The standard InChI is InChI=1S/C19H17Cl2N.C3H8/c1-3-13(14-7-5-4-6-8-14)11-16-12(2)17(20)15-9-10-22-19(15)18(16)21;1-3-2/h3-12,22H,1-2H3;3H2,1-2H3/b13-3+,16-11+;. The highest BCUT2D eigenvalue weighted by atomic mass is 35.5. The first-order valence-electron chi connectivity index (χ1n) is 8.71. The summed E-state index contributed by atoms with van der Waals surface area (Å²) < 4.78 is 0. The highest BCUT2D eigenvalue weighted by Crippen LogP contribution is 2.34. The Morgan fingerprint density at radius 3 is 2.36 bits per heavy atom. The van der Waals surface area contributed by atoms with Crippen LogP contribution in [-0.4, -0.2) is 4.98 Å². The van der Waals surface area contributed by atoms with Crippen LogP contribution in [-0.2, 0) is 0 Å². The molecule has 0 bridgehead atoms. The fraction of sp³-hybridized carbons (Fsp3) is 0.273. The van der Waals surface area contributed by atoms with Crippen molar-refractivity contribution >= 4 is 38.8 Å². The molecule has 1 aromatic carbocycles. The molecule has 1 N–H and O–H groups in total. The van der Waals surface area contributed by atoms with Gasteiger partial charge in [-0.25, -0.2) is 0 Å². The lowest BCUT2D eigenvalue weighted by molar-refractivity contribution is 0.927. The van der Waals surface area contributed by atoms with Crippen LogP contribution in [0, 0.1) is 5.92 Å². The van der Waals surface area contributed by atoms with Crippen LogP contribution in [0.5, 0.6) is 0 Å². The Labute approximate surface area is 160 Å². The smallest absolute Gasteiger partial charge is 0.0686 e. The molecule has 3 rings (SSSR count). The van der Waals surface area contributed by atoms with E-state index in [2.05, 4.69) is 50.0 Å². The SMILES string of the molecule is C/C=C(\C=C1\C(Cl)=c2[nH]ccc2=C(Cl)C1C)c1ccccc1.CCC. The first-order valence-corrected chi connectivity index (χ1v) is 9.47. The highest BCUT2D eigenvalue weighted by molar-refractivity contribution is 6.51. The predicted molar refractivity (Wildman–Crippen MR) is 112 cm³/mol. The molecule has 3 heteroatoms. The summed E-state index contributed by atoms with van der Waals surface area (Å²) in [5.41, 5.74) is 3.35. The molecule has 0 aliphatic heterocycles. The van der Waals surface area contributed by atoms with Crippen molar-refractivity contribution in [1.29, 1.82) is 0 Å². The van der Waals surface area contributed by atoms with Crippen molar-refractivity contribution in [2.45, 2.75) is 34.1 Å². The van der Waals surface area contributed by atoms with Gasteiger partial charge in [-0.1, -0.05) is 86.8 Å². The quantitative estimate of drug-likeness (QED) is 0.683. The normalized spacial score (nSPS) is 18.7. The first-order chi connectivity index (χ1) is 12.0. The van der Waals surface area contributed by atoms with Crippen LogP contribution in [0.1, 0.15) is 39.7 Å². The number of benzene rings is 1. The minimum absolute atomic E-state index is 0.0797. The highest BCUT2D eigenvalue weighted by Gasteiger charge is 2.22. The van der Waals surface area contributed by atoms with Gasteiger partial charge in [0.2, 0.25) is 0 Å². The second-order valence-corrected chi connectivity index (χ2v) is 6.85. The van der Waals surface area contributed by atoms with Gasteiger partial charge < -0.3 is 4.98 Å². The number of allylic oxidation sites excluding steroid dienone is 4. The molecule has 1 heterocycles. The van der Waals surface area contributed by atoms with E-state index < -0.39 is 0 Å². The second-order valence-electron chi connectivity index (χ2n) is 6.07. The fourth-order valence-corrected chi connectivity index (χ4v) is 3.42. The fourth-order valence-electron chi connectivity index (χ4n) is 2.77. The van der Waals surface area contributed by atoms with Crippen molar-refractivity contribution < 1.29 is 0 Å². The maximum absolute atomic E-state index is 6.62. The van der Waals surface area contributed by atoms with E-state index in [1.54, 1.807) is 0 Å². The molecule has 1 nitrogen and oxygen atoms in total. The number of fused-ring (bicyclic) bond motifs is 1. The Balaban J connectivity index is 0.000000701. The van der Waals surface area contributed by atoms with Crippen molar-refractivity contribution in [3.05, 3.63) is 76.5 Å². The van der Waals surface area contributed by atoms with Crippen LogP contribution in [0.4, 0.5) is 0 Å². The number of H-pyrrole nitrogens is 1. The maximum atomic E-state index is 6.62. The number of hydrogen-bond acceptors (Lipinski definition) is 0. The number of halogens is 2. The second kappa shape index (κ2) is 9.12. The Hall–Kier alpha value is -1.70. The van der Waals surface area contributed by atoms with E-state index in [0.717, 1.165) is 31.8 Å². The minimum atomic E-state index is 0.0797. The Kier molecular flexibility index (Phi) is 7.16. The summed E-state index contributed by atoms with van der Waals surface area (Å²) in [5.74, 6) is 0.0797. The average Bonchev–Trinajstić information content (AvgIpc) is 3.12. The van der Waals surface area contributed by atoms with Gasteiger partial charge in [-0.05, 0) is 35.8 Å². The van der Waals surface area contributed by atoms with E-state index in [9.17, 15) is 0 Å². The molecule has 0 amide bonds. The van der Waals surface area contributed by atoms with Crippen molar-refractivity contribution in [3.63, 3.8) is 0 Å². The Morgan fingerprint density at radius 1 is 1.12 bits per heavy atom. The molecule has 1 aliphatic carbocycles. The molecule has 1 unspecified atom stereocenters. The lowest BCUT2D eigenvalue weighted by Gasteiger charge is -2.19. The van der Waals surface area contributed by atoms with E-state index in [0.29, 0.717) is 0 Å². The molecule has 0 fully saturated rings. The summed E-state index contributed by atoms with van der Waals surface area (Å²) in [6.45, 7) is 8.37. The molecule has 2 aromatic rings. The van der Waals surface area contributed by atoms with Crippen LogP contribution in [0.2, 0.25) is 0 Å². The number of aromatic nitrogens is 1. The molecule has 0 saturated carbocycles. The minimum Gasteiger partial charge on any atom is -0.360 e. The van der Waals surface area contributed by atoms with E-state index >= 15 is 0 Å². The van der Waals surface area contributed by atoms with Crippen LogP contribution in [0.3, 0.4) is 0 Å². The molecule has 25 heavy (non-hydrogen) atoms. The van der Waals surface area contributed by atoms with Gasteiger partial charge in [0.15, 0.2) is 0 Å². The third-order valence-electron chi connectivity index (χ3n) is 4.05. The number of aromatic amines is 1. The lowest BCUT2D eigenvalue weighted by Crippen LogP contribution is -2.32. The Bertz CT molecular complexity index is 886. The van der Waals surface area contributed by atoms with Gasteiger partial charge in [0.05, 0.1) is 10.4 Å². The molecule has 1 aromatic heterocycles. The van der Waals surface area contributed by atoms with E-state index in [-0.39, 0.29) is 5.92 Å². The molecule has 0 saturated heterocycles. The summed E-state index contributed by atoms with van der Waals surface area (Å²) in [7, 11) is 0. The van der Waals surface area contributed by atoms with Crippen molar-refractivity contribution in [2.24, 2.45) is 5.92 Å². The van der Waals surface area contributed by atoms with Gasteiger partial charge in [0.25, 0.3) is 0 Å². The van der Waals surface area contributed by atoms with Crippen molar-refractivity contribution in [2.75, 3.05) is 0 Å². The summed E-state index contributed by atoms with van der Waals surface area (Å²) in [5, 5.41) is 3.47. The molecule has 0 spiro atoms. The van der Waals surface area contributed by atoms with Gasteiger partial charge in [0.1, 0.15) is 0 Å². The van der Waals surface area contributed by atoms with Gasteiger partial charge >= 0.3 is 0 Å². The largest absolute Gasteiger partial charge is 0.360 e. The summed E-state index contributed by atoms with van der Waals surface area (Å²) in [6.07, 6.45) is 7.35. The van der Waals surface area contributed by atoms with Gasteiger partial charge in [-0.2, -0.15) is 0 Å². The zero-order chi connectivity index (χ0) is 18.4. The third-order valence-corrected chi connectivity index (χ3v) is 4.99. The first kappa shape index (κ1) is 19.6. The zero-order valence-corrected chi connectivity index (χ0v) is 16.7. The summed E-state index contributed by atoms with van der Waals surface area (Å²) >= 11 is 13.2.